The number of guanidine groups is 1. The number of hydrogen-bond acceptors (Lipinski definition) is 6. The molecule has 11 N–H and O–H groups in total. The van der Waals surface area contributed by atoms with E-state index in [0.29, 0.717) is 48.3 Å². The molecule has 0 unspecified atom stereocenters. The third kappa shape index (κ3) is 8.05. The molecule has 0 saturated carbocycles. The molecule has 1 heterocycles. The first kappa shape index (κ1) is 27.6. The molecule has 0 aromatic heterocycles. The minimum Gasteiger partial charge on any atom is -0.384 e. The van der Waals surface area contributed by atoms with Crippen molar-refractivity contribution in [2.24, 2.45) is 22.2 Å². The van der Waals surface area contributed by atoms with Gasteiger partial charge in [0.1, 0.15) is 17.9 Å². The summed E-state index contributed by atoms with van der Waals surface area (Å²) in [5, 5.41) is 18.2. The van der Waals surface area contributed by atoms with Crippen molar-refractivity contribution in [1.82, 2.24) is 16.0 Å². The van der Waals surface area contributed by atoms with Crippen LogP contribution < -0.4 is 38.5 Å². The second-order valence-corrected chi connectivity index (χ2v) is 8.70. The van der Waals surface area contributed by atoms with Crippen LogP contribution in [0.15, 0.2) is 53.5 Å². The van der Waals surface area contributed by atoms with E-state index in [1.807, 2.05) is 0 Å². The molecule has 2 aromatic carbocycles. The maximum Gasteiger partial charge on any atom is 0.251 e. The minimum absolute atomic E-state index is 0.0702. The lowest BCUT2D eigenvalue weighted by atomic mass is 10.0. The Hall–Kier alpha value is -4.94. The Balaban J connectivity index is 1.37. The monoisotopic (exact) mass is 521 g/mol. The quantitative estimate of drug-likeness (QED) is 0.112. The van der Waals surface area contributed by atoms with Gasteiger partial charge in [-0.1, -0.05) is 12.1 Å². The van der Waals surface area contributed by atoms with E-state index in [4.69, 9.17) is 22.6 Å². The molecule has 0 spiro atoms. The topological polar surface area (TPSA) is 231 Å². The number of carbonyl (C=O) groups excluding carboxylic acids is 4. The van der Waals surface area contributed by atoms with Crippen LogP contribution in [-0.4, -0.2) is 54.1 Å². The molecule has 13 nitrogen and oxygen atoms in total. The zero-order valence-electron chi connectivity index (χ0n) is 20.6. The summed E-state index contributed by atoms with van der Waals surface area (Å²) in [7, 11) is 0. The minimum atomic E-state index is -0.993. The molecule has 0 radical (unpaired) electrons. The van der Waals surface area contributed by atoms with Crippen LogP contribution in [0.4, 0.5) is 11.4 Å². The van der Waals surface area contributed by atoms with Crippen LogP contribution in [0, 0.1) is 5.41 Å². The molecule has 0 aliphatic carbocycles. The Kier molecular flexibility index (Phi) is 9.35. The molecule has 2 aromatic rings. The van der Waals surface area contributed by atoms with Gasteiger partial charge in [0.15, 0.2) is 5.96 Å². The Bertz CT molecular complexity index is 1240. The number of nitrogens with one attached hydrogen (secondary N) is 5. The molecule has 1 saturated heterocycles. The lowest BCUT2D eigenvalue weighted by Crippen LogP contribution is -2.62. The molecule has 3 rings (SSSR count). The maximum atomic E-state index is 12.5. The van der Waals surface area contributed by atoms with Crippen LogP contribution in [0.5, 0.6) is 0 Å². The highest BCUT2D eigenvalue weighted by atomic mass is 16.2. The average Bonchev–Trinajstić information content (AvgIpc) is 2.86. The van der Waals surface area contributed by atoms with Crippen LogP contribution in [0.2, 0.25) is 0 Å². The molecule has 1 fully saturated rings. The van der Waals surface area contributed by atoms with E-state index in [-0.39, 0.29) is 30.0 Å². The number of anilines is 1. The van der Waals surface area contributed by atoms with E-state index in [1.54, 1.807) is 48.5 Å². The number of amides is 4. The van der Waals surface area contributed by atoms with Gasteiger partial charge in [-0.2, -0.15) is 0 Å². The number of unbranched alkanes of at least 4 members (excludes halogenated alkanes) is 1. The van der Waals surface area contributed by atoms with E-state index < -0.39 is 23.9 Å². The van der Waals surface area contributed by atoms with Crippen molar-refractivity contribution in [3.63, 3.8) is 0 Å². The third-order valence-corrected chi connectivity index (χ3v) is 5.71. The van der Waals surface area contributed by atoms with Gasteiger partial charge in [-0.25, -0.2) is 4.99 Å². The molecule has 1 aliphatic heterocycles. The van der Waals surface area contributed by atoms with Crippen molar-refractivity contribution in [3.8, 4) is 0 Å². The number of carbonyl (C=O) groups is 4. The highest BCUT2D eigenvalue weighted by Gasteiger charge is 2.34. The van der Waals surface area contributed by atoms with Crippen LogP contribution in [0.1, 0.15) is 41.6 Å². The summed E-state index contributed by atoms with van der Waals surface area (Å²) in [6.45, 7) is 0.393. The fourth-order valence-electron chi connectivity index (χ4n) is 3.80. The first-order valence-electron chi connectivity index (χ1n) is 12.0. The van der Waals surface area contributed by atoms with Crippen molar-refractivity contribution in [2.45, 2.75) is 37.8 Å². The molecule has 200 valence electrons. The van der Waals surface area contributed by atoms with Gasteiger partial charge in [-0.15, -0.1) is 0 Å². The summed E-state index contributed by atoms with van der Waals surface area (Å²) in [6.07, 6.45) is 1.33. The number of rotatable bonds is 11. The van der Waals surface area contributed by atoms with Crippen molar-refractivity contribution in [2.75, 3.05) is 11.9 Å². The Morgan fingerprint density at radius 2 is 1.61 bits per heavy atom. The van der Waals surface area contributed by atoms with Gasteiger partial charge in [-0.3, -0.25) is 24.6 Å². The van der Waals surface area contributed by atoms with Gasteiger partial charge in [0.05, 0.1) is 12.1 Å². The van der Waals surface area contributed by atoms with Crippen LogP contribution in [-0.2, 0) is 14.4 Å². The smallest absolute Gasteiger partial charge is 0.251 e. The van der Waals surface area contributed by atoms with Gasteiger partial charge in [0.25, 0.3) is 5.91 Å². The highest BCUT2D eigenvalue weighted by Crippen LogP contribution is 2.14. The lowest BCUT2D eigenvalue weighted by molar-refractivity contribution is -0.138. The van der Waals surface area contributed by atoms with E-state index in [0.717, 1.165) is 0 Å². The summed E-state index contributed by atoms with van der Waals surface area (Å²) in [4.78, 5) is 53.5. The predicted molar refractivity (Wildman–Crippen MR) is 143 cm³/mol. The van der Waals surface area contributed by atoms with Crippen LogP contribution in [0.3, 0.4) is 0 Å². The van der Waals surface area contributed by atoms with Crippen molar-refractivity contribution in [1.29, 1.82) is 5.41 Å². The number of hydrogen-bond donors (Lipinski definition) is 8. The third-order valence-electron chi connectivity index (χ3n) is 5.71. The second-order valence-electron chi connectivity index (χ2n) is 8.70. The van der Waals surface area contributed by atoms with Gasteiger partial charge >= 0.3 is 0 Å². The first-order valence-corrected chi connectivity index (χ1v) is 12.0. The largest absolute Gasteiger partial charge is 0.384 e. The Morgan fingerprint density at radius 1 is 0.921 bits per heavy atom. The summed E-state index contributed by atoms with van der Waals surface area (Å²) >= 11 is 0. The van der Waals surface area contributed by atoms with E-state index in [2.05, 4.69) is 26.3 Å². The van der Waals surface area contributed by atoms with Gasteiger partial charge in [-0.05, 0) is 55.7 Å². The molecule has 38 heavy (non-hydrogen) atoms. The molecule has 4 amide bonds. The number of piperazine rings is 1. The number of nitrogen functional groups attached to an aromatic ring is 1. The van der Waals surface area contributed by atoms with Gasteiger partial charge in [0.2, 0.25) is 17.7 Å². The summed E-state index contributed by atoms with van der Waals surface area (Å²) < 4.78 is 0. The molecular formula is C25H31N9O4. The fraction of sp³-hybridized carbons (Fsp3) is 0.280. The summed E-state index contributed by atoms with van der Waals surface area (Å²) in [5.74, 6) is -1.74. The number of aliphatic imine (C=N–C) groups is 1. The zero-order valence-corrected chi connectivity index (χ0v) is 20.6. The fourth-order valence-corrected chi connectivity index (χ4v) is 3.80. The van der Waals surface area contributed by atoms with Gasteiger partial charge in [0, 0.05) is 23.4 Å². The van der Waals surface area contributed by atoms with Crippen LogP contribution in [0.25, 0.3) is 0 Å². The maximum absolute atomic E-state index is 12.5. The number of nitrogens with zero attached hydrogens (tertiary/aromatic N) is 1. The number of amidine groups is 1. The second kappa shape index (κ2) is 12.9. The first-order chi connectivity index (χ1) is 18.1. The van der Waals surface area contributed by atoms with Gasteiger partial charge < -0.3 is 38.5 Å². The molecule has 2 atom stereocenters. The number of nitrogens with two attached hydrogens (primary N) is 3. The van der Waals surface area contributed by atoms with E-state index >= 15 is 0 Å². The zero-order chi connectivity index (χ0) is 27.7. The highest BCUT2D eigenvalue weighted by molar-refractivity contribution is 6.02. The molecule has 13 heteroatoms. The predicted octanol–water partition coefficient (Wildman–Crippen LogP) is -0.212. The SMILES string of the molecule is N=C(N)c1cccc(NC(=O)C[C@@H]2NC(=O)[C@H](CCCCNC(=O)c3ccc(N=C(N)N)cc3)NC2=O)c1. The van der Waals surface area contributed by atoms with E-state index in [9.17, 15) is 19.2 Å². The van der Waals surface area contributed by atoms with Crippen molar-refractivity contribution in [3.05, 3.63) is 59.7 Å². The van der Waals surface area contributed by atoms with Crippen molar-refractivity contribution >= 4 is 46.8 Å². The standard InChI is InChI=1S/C25H31N9O4/c26-21(27)15-4-3-5-17(12-15)31-20(35)13-19-24(38)33-18(23(37)34-19)6-1-2-11-30-22(36)14-7-9-16(10-8-14)32-25(28)29/h3-5,7-10,12,18-19H,1-2,6,11,13H2,(H3,26,27)(H,30,36)(H,31,35)(H,33,38)(H,34,37)(H4,28,29,32)/t18-,19-/m0/s1. The normalized spacial score (nSPS) is 16.5. The van der Waals surface area contributed by atoms with Crippen molar-refractivity contribution < 1.29 is 19.2 Å². The summed E-state index contributed by atoms with van der Waals surface area (Å²) in [6, 6.07) is 11.2. The number of benzene rings is 2. The Morgan fingerprint density at radius 3 is 2.29 bits per heavy atom. The van der Waals surface area contributed by atoms with E-state index in [1.165, 1.54) is 0 Å². The Labute approximate surface area is 219 Å². The lowest BCUT2D eigenvalue weighted by Gasteiger charge is -2.29. The molecule has 1 aliphatic rings. The molecule has 0 bridgehead atoms. The molecular weight excluding hydrogens is 490 g/mol. The average molecular weight is 522 g/mol. The summed E-state index contributed by atoms with van der Waals surface area (Å²) in [5.41, 5.74) is 18.0. The van der Waals surface area contributed by atoms with Crippen LogP contribution >= 0.6 is 0 Å².